The Labute approximate surface area is 162 Å². The van der Waals surface area contributed by atoms with Crippen LogP contribution >= 0.6 is 11.6 Å². The molecule has 27 heavy (non-hydrogen) atoms. The predicted octanol–water partition coefficient (Wildman–Crippen LogP) is 3.95. The lowest BCUT2D eigenvalue weighted by atomic mass is 10.1. The molecule has 1 atom stereocenters. The largest absolute Gasteiger partial charge is 0.467 e. The lowest BCUT2D eigenvalue weighted by Crippen LogP contribution is -2.42. The highest BCUT2D eigenvalue weighted by Crippen LogP contribution is 2.31. The van der Waals surface area contributed by atoms with Crippen molar-refractivity contribution in [2.45, 2.75) is 26.3 Å². The molecule has 142 valence electrons. The van der Waals surface area contributed by atoms with Gasteiger partial charge < -0.3 is 9.15 Å². The number of ether oxygens (including phenoxy) is 1. The van der Waals surface area contributed by atoms with Gasteiger partial charge in [-0.3, -0.25) is 15.0 Å². The fraction of sp³-hybridized carbons (Fsp3) is 0.300. The Bertz CT molecular complexity index is 828. The van der Waals surface area contributed by atoms with Crippen LogP contribution in [-0.2, 0) is 14.3 Å². The van der Waals surface area contributed by atoms with E-state index in [0.29, 0.717) is 10.8 Å². The molecule has 0 saturated heterocycles. The van der Waals surface area contributed by atoms with Crippen LogP contribution < -0.4 is 5.43 Å². The van der Waals surface area contributed by atoms with Gasteiger partial charge in [-0.15, -0.1) is 0 Å². The molecule has 0 fully saturated rings. The molecule has 0 bridgehead atoms. The summed E-state index contributed by atoms with van der Waals surface area (Å²) in [5.74, 6) is 0.0200. The van der Waals surface area contributed by atoms with Crippen molar-refractivity contribution in [3.63, 3.8) is 0 Å². The van der Waals surface area contributed by atoms with Crippen molar-refractivity contribution >= 4 is 29.2 Å². The number of hydrazine groups is 1. The summed E-state index contributed by atoms with van der Waals surface area (Å²) >= 11 is 5.95. The summed E-state index contributed by atoms with van der Waals surface area (Å²) in [7, 11) is 0. The molecule has 1 aromatic heterocycles. The minimum atomic E-state index is -0.443. The number of hydrogen-bond acceptors (Lipinski definition) is 5. The highest BCUT2D eigenvalue weighted by atomic mass is 35.5. The van der Waals surface area contributed by atoms with Crippen molar-refractivity contribution in [1.82, 2.24) is 10.4 Å². The summed E-state index contributed by atoms with van der Waals surface area (Å²) in [6.07, 6.45) is 3.71. The number of nitrogens with zero attached hydrogens (tertiary/aromatic N) is 1. The van der Waals surface area contributed by atoms with Gasteiger partial charge in [-0.25, -0.2) is 5.01 Å². The monoisotopic (exact) mass is 388 g/mol. The molecular weight excluding hydrogens is 368 g/mol. The number of halogens is 1. The third-order valence-corrected chi connectivity index (χ3v) is 4.29. The van der Waals surface area contributed by atoms with E-state index in [-0.39, 0.29) is 24.9 Å². The van der Waals surface area contributed by atoms with Gasteiger partial charge in [0.1, 0.15) is 11.8 Å². The number of hydrogen-bond donors (Lipinski definition) is 1. The zero-order chi connectivity index (χ0) is 19.4. The maximum atomic E-state index is 12.7. The second kappa shape index (κ2) is 8.31. The van der Waals surface area contributed by atoms with Gasteiger partial charge in [0.15, 0.2) is 6.61 Å². The Morgan fingerprint density at radius 1 is 1.26 bits per heavy atom. The van der Waals surface area contributed by atoms with E-state index >= 15 is 0 Å². The minimum Gasteiger partial charge on any atom is -0.467 e. The summed E-state index contributed by atoms with van der Waals surface area (Å²) in [6.45, 7) is 3.50. The molecule has 1 N–H and O–H groups in total. The highest BCUT2D eigenvalue weighted by Gasteiger charge is 2.33. The summed E-state index contributed by atoms with van der Waals surface area (Å²) in [6, 6.07) is 10.4. The van der Waals surface area contributed by atoms with E-state index in [4.69, 9.17) is 20.8 Å². The molecular formula is C20H21ClN2O4. The SMILES string of the molecule is CC(C)CC(=O)OCC(=O)N1NC(c2ccc(Cl)cc2)=C[C@H]1c1ccco1. The minimum absolute atomic E-state index is 0.173. The number of carbonyl (C=O) groups excluding carboxylic acids is 2. The molecule has 0 aliphatic carbocycles. The Balaban J connectivity index is 1.75. The molecule has 1 aliphatic rings. The van der Waals surface area contributed by atoms with Crippen LogP contribution in [0.4, 0.5) is 0 Å². The second-order valence-corrected chi connectivity index (χ2v) is 7.12. The molecule has 1 aromatic carbocycles. The number of furan rings is 1. The first-order chi connectivity index (χ1) is 12.9. The van der Waals surface area contributed by atoms with Gasteiger partial charge in [-0.1, -0.05) is 37.6 Å². The van der Waals surface area contributed by atoms with Gasteiger partial charge >= 0.3 is 5.97 Å². The third kappa shape index (κ3) is 4.71. The van der Waals surface area contributed by atoms with Crippen molar-refractivity contribution < 1.29 is 18.7 Å². The van der Waals surface area contributed by atoms with Crippen molar-refractivity contribution in [3.8, 4) is 0 Å². The third-order valence-electron chi connectivity index (χ3n) is 4.03. The summed E-state index contributed by atoms with van der Waals surface area (Å²) in [5.41, 5.74) is 4.70. The topological polar surface area (TPSA) is 71.8 Å². The van der Waals surface area contributed by atoms with E-state index in [1.165, 1.54) is 5.01 Å². The van der Waals surface area contributed by atoms with E-state index in [9.17, 15) is 9.59 Å². The normalized spacial score (nSPS) is 16.2. The van der Waals surface area contributed by atoms with Crippen molar-refractivity contribution in [2.75, 3.05) is 6.61 Å². The maximum absolute atomic E-state index is 12.7. The highest BCUT2D eigenvalue weighted by molar-refractivity contribution is 6.30. The number of esters is 1. The quantitative estimate of drug-likeness (QED) is 0.758. The first kappa shape index (κ1) is 19.0. The van der Waals surface area contributed by atoms with Crippen molar-refractivity contribution in [1.29, 1.82) is 0 Å². The number of carbonyl (C=O) groups is 2. The van der Waals surface area contributed by atoms with E-state index in [2.05, 4.69) is 5.43 Å². The maximum Gasteiger partial charge on any atom is 0.306 e. The smallest absolute Gasteiger partial charge is 0.306 e. The Kier molecular flexibility index (Phi) is 5.86. The van der Waals surface area contributed by atoms with Crippen LogP contribution in [0.5, 0.6) is 0 Å². The van der Waals surface area contributed by atoms with Crippen molar-refractivity contribution in [3.05, 3.63) is 65.1 Å². The molecule has 7 heteroatoms. The van der Waals surface area contributed by atoms with Gasteiger partial charge in [0, 0.05) is 11.4 Å². The average molecular weight is 389 g/mol. The van der Waals surface area contributed by atoms with E-state index in [1.807, 2.05) is 32.1 Å². The first-order valence-electron chi connectivity index (χ1n) is 8.69. The first-order valence-corrected chi connectivity index (χ1v) is 9.07. The van der Waals surface area contributed by atoms with Crippen LogP contribution in [-0.4, -0.2) is 23.5 Å². The average Bonchev–Trinajstić information content (AvgIpc) is 3.29. The Morgan fingerprint density at radius 2 is 2.00 bits per heavy atom. The molecule has 0 spiro atoms. The van der Waals surface area contributed by atoms with E-state index in [0.717, 1.165) is 11.3 Å². The zero-order valence-electron chi connectivity index (χ0n) is 15.1. The lowest BCUT2D eigenvalue weighted by Gasteiger charge is -2.24. The van der Waals surface area contributed by atoms with Crippen LogP contribution in [0.2, 0.25) is 5.02 Å². The Morgan fingerprint density at radius 3 is 2.63 bits per heavy atom. The predicted molar refractivity (Wildman–Crippen MR) is 101 cm³/mol. The zero-order valence-corrected chi connectivity index (χ0v) is 15.9. The fourth-order valence-corrected chi connectivity index (χ4v) is 2.88. The molecule has 2 aromatic rings. The molecule has 3 rings (SSSR count). The van der Waals surface area contributed by atoms with Crippen LogP contribution in [0.1, 0.15) is 37.6 Å². The van der Waals surface area contributed by atoms with E-state index < -0.39 is 12.0 Å². The number of benzene rings is 1. The van der Waals surface area contributed by atoms with Crippen LogP contribution in [0.3, 0.4) is 0 Å². The van der Waals surface area contributed by atoms with Gasteiger partial charge in [0.25, 0.3) is 5.91 Å². The molecule has 1 aliphatic heterocycles. The van der Waals surface area contributed by atoms with Crippen LogP contribution in [0.15, 0.2) is 53.2 Å². The van der Waals surface area contributed by atoms with Gasteiger partial charge in [0.05, 0.1) is 12.0 Å². The molecule has 1 amide bonds. The standard InChI is InChI=1S/C20H21ClN2O4/c1-13(2)10-20(25)27-12-19(24)23-17(18-4-3-9-26-18)11-16(22-23)14-5-7-15(21)8-6-14/h3-9,11,13,17,22H,10,12H2,1-2H3/t17-/m0/s1. The van der Waals surface area contributed by atoms with Gasteiger partial charge in [0.2, 0.25) is 0 Å². The van der Waals surface area contributed by atoms with Crippen LogP contribution in [0, 0.1) is 5.92 Å². The summed E-state index contributed by atoms with van der Waals surface area (Å²) in [5, 5.41) is 2.04. The second-order valence-electron chi connectivity index (χ2n) is 6.68. The lowest BCUT2D eigenvalue weighted by molar-refractivity contribution is -0.154. The molecule has 6 nitrogen and oxygen atoms in total. The Hall–Kier alpha value is -2.73. The molecule has 2 heterocycles. The number of amides is 1. The number of rotatable bonds is 6. The van der Waals surface area contributed by atoms with E-state index in [1.54, 1.807) is 30.5 Å². The summed E-state index contributed by atoms with van der Waals surface area (Å²) in [4.78, 5) is 24.4. The molecule has 0 radical (unpaired) electrons. The number of nitrogens with one attached hydrogen (secondary N) is 1. The van der Waals surface area contributed by atoms with Gasteiger partial charge in [-0.2, -0.15) is 0 Å². The van der Waals surface area contributed by atoms with Crippen molar-refractivity contribution in [2.24, 2.45) is 5.92 Å². The fourth-order valence-electron chi connectivity index (χ4n) is 2.75. The van der Waals surface area contributed by atoms with Gasteiger partial charge in [-0.05, 0) is 41.8 Å². The summed E-state index contributed by atoms with van der Waals surface area (Å²) < 4.78 is 10.6. The molecule has 0 saturated carbocycles. The van der Waals surface area contributed by atoms with Crippen LogP contribution in [0.25, 0.3) is 5.70 Å². The molecule has 0 unspecified atom stereocenters.